The molecule has 0 rings (SSSR count). The molecule has 0 aliphatic rings. The lowest BCUT2D eigenvalue weighted by Gasteiger charge is -2.18. The number of carboxylic acid groups (broad SMARTS) is 2. The summed E-state index contributed by atoms with van der Waals surface area (Å²) in [4.78, 5) is 21.0. The van der Waals surface area contributed by atoms with E-state index in [1.807, 2.05) is 0 Å². The molecule has 0 aromatic heterocycles. The van der Waals surface area contributed by atoms with E-state index in [4.69, 9.17) is 15.9 Å². The summed E-state index contributed by atoms with van der Waals surface area (Å²) in [6.07, 6.45) is 0.0695. The zero-order valence-corrected chi connectivity index (χ0v) is 8.06. The molecule has 0 radical (unpaired) electrons. The number of allylic oxidation sites excluding steroid dienone is 1. The minimum atomic E-state index is -1.18. The third-order valence-corrected chi connectivity index (χ3v) is 1.84. The lowest BCUT2D eigenvalue weighted by molar-refractivity contribution is -0.142. The summed E-state index contributed by atoms with van der Waals surface area (Å²) in [5, 5.41) is 17.2. The number of aliphatic carboxylic acids is 2. The molecule has 0 bridgehead atoms. The molecule has 0 aromatic rings. The summed E-state index contributed by atoms with van der Waals surface area (Å²) in [6.45, 7) is 5.31. The standard InChI is InChI=1S/C9H15NO4/c1-5(2)3-6(4-7(11)12)8(10)9(13)14/h6,8H,1,3-4,10H2,2H3,(H,11,12)(H,13,14)/t6-,8-/m0/s1. The molecular weight excluding hydrogens is 186 g/mol. The van der Waals surface area contributed by atoms with Gasteiger partial charge in [-0.3, -0.25) is 9.59 Å². The van der Waals surface area contributed by atoms with Crippen LogP contribution in [-0.4, -0.2) is 28.2 Å². The second kappa shape index (κ2) is 5.39. The van der Waals surface area contributed by atoms with Gasteiger partial charge >= 0.3 is 11.9 Å². The van der Waals surface area contributed by atoms with Gasteiger partial charge in [-0.1, -0.05) is 5.57 Å². The molecule has 0 heterocycles. The van der Waals surface area contributed by atoms with Crippen LogP contribution in [0.1, 0.15) is 19.8 Å². The van der Waals surface area contributed by atoms with Crippen molar-refractivity contribution in [3.63, 3.8) is 0 Å². The molecule has 0 aliphatic carbocycles. The summed E-state index contributed by atoms with van der Waals surface area (Å²) in [7, 11) is 0. The summed E-state index contributed by atoms with van der Waals surface area (Å²) >= 11 is 0. The predicted molar refractivity (Wildman–Crippen MR) is 50.8 cm³/mol. The molecule has 5 nitrogen and oxygen atoms in total. The van der Waals surface area contributed by atoms with Gasteiger partial charge in [0.1, 0.15) is 6.04 Å². The van der Waals surface area contributed by atoms with Gasteiger partial charge in [0.15, 0.2) is 0 Å². The van der Waals surface area contributed by atoms with Crippen LogP contribution in [0.3, 0.4) is 0 Å². The Bertz CT molecular complexity index is 233. The van der Waals surface area contributed by atoms with E-state index in [0.717, 1.165) is 5.57 Å². The highest BCUT2D eigenvalue weighted by Gasteiger charge is 2.26. The van der Waals surface area contributed by atoms with Gasteiger partial charge in [-0.05, 0) is 19.3 Å². The molecule has 0 amide bonds. The molecule has 4 N–H and O–H groups in total. The third kappa shape index (κ3) is 4.61. The number of rotatable bonds is 6. The molecular formula is C9H15NO4. The Balaban J connectivity index is 4.45. The summed E-state index contributed by atoms with van der Waals surface area (Å²) in [5.41, 5.74) is 6.08. The topological polar surface area (TPSA) is 101 Å². The maximum absolute atomic E-state index is 10.6. The first kappa shape index (κ1) is 12.6. The Morgan fingerprint density at radius 3 is 2.14 bits per heavy atom. The number of carboxylic acids is 2. The molecule has 0 aromatic carbocycles. The van der Waals surface area contributed by atoms with Crippen LogP contribution in [0.5, 0.6) is 0 Å². The Hall–Kier alpha value is -1.36. The third-order valence-electron chi connectivity index (χ3n) is 1.84. The van der Waals surface area contributed by atoms with Crippen molar-refractivity contribution in [2.45, 2.75) is 25.8 Å². The van der Waals surface area contributed by atoms with Gasteiger partial charge in [0.25, 0.3) is 0 Å². The second-order valence-corrected chi connectivity index (χ2v) is 3.38. The van der Waals surface area contributed by atoms with Crippen LogP contribution in [0, 0.1) is 5.92 Å². The van der Waals surface area contributed by atoms with Crippen molar-refractivity contribution in [1.82, 2.24) is 0 Å². The summed E-state index contributed by atoms with van der Waals surface area (Å²) in [6, 6.07) is -1.15. The zero-order chi connectivity index (χ0) is 11.3. The lowest BCUT2D eigenvalue weighted by atomic mass is 9.90. The van der Waals surface area contributed by atoms with E-state index in [2.05, 4.69) is 6.58 Å². The maximum atomic E-state index is 10.6. The van der Waals surface area contributed by atoms with E-state index >= 15 is 0 Å². The van der Waals surface area contributed by atoms with Gasteiger partial charge in [-0.2, -0.15) is 0 Å². The van der Waals surface area contributed by atoms with E-state index in [1.54, 1.807) is 6.92 Å². The second-order valence-electron chi connectivity index (χ2n) is 3.38. The van der Waals surface area contributed by atoms with E-state index in [1.165, 1.54) is 0 Å². The van der Waals surface area contributed by atoms with Crippen molar-refractivity contribution in [3.05, 3.63) is 12.2 Å². The van der Waals surface area contributed by atoms with E-state index in [-0.39, 0.29) is 6.42 Å². The molecule has 0 unspecified atom stereocenters. The number of hydrogen-bond acceptors (Lipinski definition) is 3. The van der Waals surface area contributed by atoms with Crippen LogP contribution >= 0.6 is 0 Å². The first-order valence-electron chi connectivity index (χ1n) is 4.19. The molecule has 0 saturated carbocycles. The first-order chi connectivity index (χ1) is 6.34. The van der Waals surface area contributed by atoms with Gasteiger partial charge in [0, 0.05) is 0 Å². The fourth-order valence-electron chi connectivity index (χ4n) is 1.20. The Morgan fingerprint density at radius 2 is 1.86 bits per heavy atom. The molecule has 14 heavy (non-hydrogen) atoms. The van der Waals surface area contributed by atoms with Gasteiger partial charge in [0.05, 0.1) is 6.42 Å². The van der Waals surface area contributed by atoms with Crippen LogP contribution in [0.15, 0.2) is 12.2 Å². The fourth-order valence-corrected chi connectivity index (χ4v) is 1.20. The van der Waals surface area contributed by atoms with Crippen LogP contribution in [0.4, 0.5) is 0 Å². The predicted octanol–water partition coefficient (Wildman–Crippen LogP) is 0.455. The molecule has 0 fully saturated rings. The molecule has 80 valence electrons. The fraction of sp³-hybridized carbons (Fsp3) is 0.556. The number of carbonyl (C=O) groups is 2. The maximum Gasteiger partial charge on any atom is 0.320 e. The van der Waals surface area contributed by atoms with Crippen molar-refractivity contribution >= 4 is 11.9 Å². The number of hydrogen-bond donors (Lipinski definition) is 3. The van der Waals surface area contributed by atoms with Crippen molar-refractivity contribution in [1.29, 1.82) is 0 Å². The van der Waals surface area contributed by atoms with Gasteiger partial charge < -0.3 is 15.9 Å². The largest absolute Gasteiger partial charge is 0.481 e. The van der Waals surface area contributed by atoms with E-state index in [0.29, 0.717) is 6.42 Å². The van der Waals surface area contributed by atoms with Crippen molar-refractivity contribution in [2.75, 3.05) is 0 Å². The minimum Gasteiger partial charge on any atom is -0.481 e. The highest BCUT2D eigenvalue weighted by molar-refractivity contribution is 5.75. The smallest absolute Gasteiger partial charge is 0.320 e. The quantitative estimate of drug-likeness (QED) is 0.542. The highest BCUT2D eigenvalue weighted by atomic mass is 16.4. The summed E-state index contributed by atoms with van der Waals surface area (Å²) in [5.74, 6) is -2.83. The van der Waals surface area contributed by atoms with Crippen LogP contribution in [-0.2, 0) is 9.59 Å². The SMILES string of the molecule is C=C(C)C[C@@H](CC(=O)O)[C@H](N)C(=O)O. The summed E-state index contributed by atoms with van der Waals surface area (Å²) < 4.78 is 0. The van der Waals surface area contributed by atoms with Gasteiger partial charge in [0.2, 0.25) is 0 Å². The van der Waals surface area contributed by atoms with Crippen molar-refractivity contribution in [2.24, 2.45) is 11.7 Å². The van der Waals surface area contributed by atoms with Gasteiger partial charge in [-0.25, -0.2) is 0 Å². The zero-order valence-electron chi connectivity index (χ0n) is 8.06. The monoisotopic (exact) mass is 201 g/mol. The average Bonchev–Trinajstić information content (AvgIpc) is 1.99. The Morgan fingerprint density at radius 1 is 1.36 bits per heavy atom. The molecule has 0 saturated heterocycles. The molecule has 0 spiro atoms. The molecule has 2 atom stereocenters. The Kier molecular flexibility index (Phi) is 4.86. The molecule has 0 aliphatic heterocycles. The van der Waals surface area contributed by atoms with Crippen LogP contribution < -0.4 is 5.73 Å². The van der Waals surface area contributed by atoms with E-state index < -0.39 is 23.9 Å². The molecule has 5 heteroatoms. The average molecular weight is 201 g/mol. The van der Waals surface area contributed by atoms with Crippen LogP contribution in [0.25, 0.3) is 0 Å². The highest BCUT2D eigenvalue weighted by Crippen LogP contribution is 2.17. The lowest BCUT2D eigenvalue weighted by Crippen LogP contribution is -2.39. The van der Waals surface area contributed by atoms with Gasteiger partial charge in [-0.15, -0.1) is 6.58 Å². The van der Waals surface area contributed by atoms with Crippen molar-refractivity contribution < 1.29 is 19.8 Å². The van der Waals surface area contributed by atoms with Crippen LogP contribution in [0.2, 0.25) is 0 Å². The normalized spacial score (nSPS) is 14.4. The number of nitrogens with two attached hydrogens (primary N) is 1. The van der Waals surface area contributed by atoms with Crippen molar-refractivity contribution in [3.8, 4) is 0 Å². The van der Waals surface area contributed by atoms with E-state index in [9.17, 15) is 9.59 Å². The first-order valence-corrected chi connectivity index (χ1v) is 4.19. The minimum absolute atomic E-state index is 0.250. The Labute approximate surface area is 82.2 Å².